The number of rotatable bonds is 7. The lowest BCUT2D eigenvalue weighted by atomic mass is 9.94. The van der Waals surface area contributed by atoms with Gasteiger partial charge in [0.25, 0.3) is 0 Å². The normalized spacial score (nSPS) is 12.0. The first-order chi connectivity index (χ1) is 9.60. The van der Waals surface area contributed by atoms with Gasteiger partial charge in [-0.15, -0.1) is 0 Å². The van der Waals surface area contributed by atoms with Crippen LogP contribution in [0.25, 0.3) is 0 Å². The van der Waals surface area contributed by atoms with Crippen molar-refractivity contribution in [2.45, 2.75) is 54.0 Å². The molecule has 1 atom stereocenters. The van der Waals surface area contributed by atoms with Gasteiger partial charge in [-0.3, -0.25) is 9.69 Å². The van der Waals surface area contributed by atoms with E-state index < -0.39 is 0 Å². The smallest absolute Gasteiger partial charge is 0.152 e. The fraction of sp³-hybridized carbons (Fsp3) is 0.611. The van der Waals surface area contributed by atoms with E-state index in [1.807, 2.05) is 45.9 Å². The molecule has 114 valence electrons. The van der Waals surface area contributed by atoms with Crippen molar-refractivity contribution in [3.8, 4) is 0 Å². The predicted octanol–water partition coefficient (Wildman–Crippen LogP) is 4.19. The van der Waals surface area contributed by atoms with Gasteiger partial charge in [0.1, 0.15) is 0 Å². The Hall–Kier alpha value is -1.15. The summed E-state index contributed by atoms with van der Waals surface area (Å²) in [6.45, 7) is 14.1. The fourth-order valence-electron chi connectivity index (χ4n) is 2.30. The fourth-order valence-corrected chi connectivity index (χ4v) is 2.30. The van der Waals surface area contributed by atoms with E-state index in [1.54, 1.807) is 0 Å². The molecule has 0 saturated heterocycles. The molecule has 20 heavy (non-hydrogen) atoms. The zero-order valence-electron chi connectivity index (χ0n) is 14.0. The first-order valence-corrected chi connectivity index (χ1v) is 7.91. The molecule has 1 rings (SSSR count). The third-order valence-electron chi connectivity index (χ3n) is 3.42. The zero-order valence-corrected chi connectivity index (χ0v) is 14.0. The van der Waals surface area contributed by atoms with Crippen LogP contribution in [-0.4, -0.2) is 29.8 Å². The van der Waals surface area contributed by atoms with Gasteiger partial charge in [-0.25, -0.2) is 0 Å². The van der Waals surface area contributed by atoms with Crippen LogP contribution >= 0.6 is 0 Å². The number of hydrogen-bond acceptors (Lipinski definition) is 2. The highest BCUT2D eigenvalue weighted by Crippen LogP contribution is 2.14. The molecule has 0 spiro atoms. The molecule has 2 nitrogen and oxygen atoms in total. The van der Waals surface area contributed by atoms with Crippen molar-refractivity contribution >= 4 is 5.78 Å². The average Bonchev–Trinajstić information content (AvgIpc) is 2.49. The largest absolute Gasteiger partial charge is 0.298 e. The van der Waals surface area contributed by atoms with Crippen LogP contribution in [0, 0.1) is 5.92 Å². The zero-order chi connectivity index (χ0) is 15.5. The van der Waals surface area contributed by atoms with Crippen molar-refractivity contribution < 1.29 is 4.79 Å². The Bertz CT molecular complexity index is 355. The van der Waals surface area contributed by atoms with Crippen molar-refractivity contribution in [1.82, 2.24) is 4.90 Å². The van der Waals surface area contributed by atoms with E-state index in [1.165, 1.54) is 5.56 Å². The van der Waals surface area contributed by atoms with Crippen molar-refractivity contribution in [1.29, 1.82) is 0 Å². The molecule has 2 heteroatoms. The quantitative estimate of drug-likeness (QED) is 0.745. The first kappa shape index (κ1) is 18.9. The second kappa shape index (κ2) is 10.6. The minimum absolute atomic E-state index is 0.0161. The number of Topliss-reactive ketones (excluding diaryl/α,β-unsaturated/α-hetero) is 1. The maximum absolute atomic E-state index is 12.4. The highest BCUT2D eigenvalue weighted by atomic mass is 16.1. The summed E-state index contributed by atoms with van der Waals surface area (Å²) in [4.78, 5) is 14.6. The summed E-state index contributed by atoms with van der Waals surface area (Å²) in [5, 5.41) is 0. The van der Waals surface area contributed by atoms with E-state index >= 15 is 0 Å². The number of carbonyl (C=O) groups excluding carboxylic acids is 1. The van der Waals surface area contributed by atoms with E-state index in [0.29, 0.717) is 5.78 Å². The molecule has 0 saturated carbocycles. The Labute approximate surface area is 125 Å². The summed E-state index contributed by atoms with van der Waals surface area (Å²) < 4.78 is 0. The minimum atomic E-state index is 0.0161. The van der Waals surface area contributed by atoms with Gasteiger partial charge in [0.15, 0.2) is 5.78 Å². The van der Waals surface area contributed by atoms with Crippen LogP contribution < -0.4 is 0 Å². The van der Waals surface area contributed by atoms with Crippen LogP contribution in [0.1, 0.15) is 47.1 Å². The SMILES string of the molecule is CC.CCN(CC)C(Cc1ccccc1)C(=O)C(C)C. The second-order valence-corrected chi connectivity index (χ2v) is 4.98. The Morgan fingerprint density at radius 3 is 1.95 bits per heavy atom. The molecule has 0 fully saturated rings. The van der Waals surface area contributed by atoms with Crippen LogP contribution in [0.3, 0.4) is 0 Å². The number of benzene rings is 1. The van der Waals surface area contributed by atoms with Gasteiger partial charge in [-0.05, 0) is 25.1 Å². The van der Waals surface area contributed by atoms with Gasteiger partial charge in [0, 0.05) is 5.92 Å². The summed E-state index contributed by atoms with van der Waals surface area (Å²) in [5.74, 6) is 0.446. The highest BCUT2D eigenvalue weighted by Gasteiger charge is 2.25. The van der Waals surface area contributed by atoms with Crippen molar-refractivity contribution in [3.05, 3.63) is 35.9 Å². The minimum Gasteiger partial charge on any atom is -0.298 e. The standard InChI is InChI=1S/C16H25NO.C2H6/c1-5-17(6-2)15(16(18)13(3)4)12-14-10-8-7-9-11-14;1-2/h7-11,13,15H,5-6,12H2,1-4H3;1-2H3. The lowest BCUT2D eigenvalue weighted by Crippen LogP contribution is -2.44. The van der Waals surface area contributed by atoms with Gasteiger partial charge >= 0.3 is 0 Å². The van der Waals surface area contributed by atoms with Crippen molar-refractivity contribution in [2.24, 2.45) is 5.92 Å². The second-order valence-electron chi connectivity index (χ2n) is 4.98. The van der Waals surface area contributed by atoms with Crippen LogP contribution in [0.4, 0.5) is 0 Å². The van der Waals surface area contributed by atoms with E-state index in [2.05, 4.69) is 30.9 Å². The Kier molecular flexibility index (Phi) is 10.0. The molecule has 0 amide bonds. The summed E-state index contributed by atoms with van der Waals surface area (Å²) in [7, 11) is 0. The summed E-state index contributed by atoms with van der Waals surface area (Å²) >= 11 is 0. The molecular formula is C18H31NO. The maximum Gasteiger partial charge on any atom is 0.152 e. The van der Waals surface area contributed by atoms with E-state index in [9.17, 15) is 4.79 Å². The molecule has 0 aliphatic carbocycles. The molecule has 0 radical (unpaired) electrons. The van der Waals surface area contributed by atoms with E-state index in [-0.39, 0.29) is 12.0 Å². The maximum atomic E-state index is 12.4. The Balaban J connectivity index is 0.00000172. The summed E-state index contributed by atoms with van der Waals surface area (Å²) in [5.41, 5.74) is 1.24. The molecule has 0 N–H and O–H groups in total. The summed E-state index contributed by atoms with van der Waals surface area (Å²) in [6.07, 6.45) is 0.819. The Morgan fingerprint density at radius 1 is 1.05 bits per heavy atom. The number of carbonyl (C=O) groups is 1. The van der Waals surface area contributed by atoms with Gasteiger partial charge in [-0.1, -0.05) is 71.9 Å². The van der Waals surface area contributed by atoms with Crippen molar-refractivity contribution in [3.63, 3.8) is 0 Å². The molecule has 0 bridgehead atoms. The predicted molar refractivity (Wildman–Crippen MR) is 88.0 cm³/mol. The van der Waals surface area contributed by atoms with Crippen molar-refractivity contribution in [2.75, 3.05) is 13.1 Å². The molecule has 0 aliphatic heterocycles. The summed E-state index contributed by atoms with van der Waals surface area (Å²) in [6, 6.07) is 10.3. The molecule has 0 aromatic heterocycles. The van der Waals surface area contributed by atoms with E-state index in [0.717, 1.165) is 19.5 Å². The van der Waals surface area contributed by atoms with Crippen LogP contribution in [0.5, 0.6) is 0 Å². The lowest BCUT2D eigenvalue weighted by molar-refractivity contribution is -0.127. The van der Waals surface area contributed by atoms with Crippen LogP contribution in [0.15, 0.2) is 30.3 Å². The van der Waals surface area contributed by atoms with Gasteiger partial charge in [0.2, 0.25) is 0 Å². The van der Waals surface area contributed by atoms with Gasteiger partial charge in [-0.2, -0.15) is 0 Å². The number of hydrogen-bond donors (Lipinski definition) is 0. The van der Waals surface area contributed by atoms with Crippen LogP contribution in [0.2, 0.25) is 0 Å². The molecule has 0 heterocycles. The Morgan fingerprint density at radius 2 is 1.55 bits per heavy atom. The third kappa shape index (κ3) is 5.87. The monoisotopic (exact) mass is 277 g/mol. The van der Waals surface area contributed by atoms with Gasteiger partial charge < -0.3 is 0 Å². The first-order valence-electron chi connectivity index (χ1n) is 7.91. The molecule has 1 aromatic carbocycles. The molecular weight excluding hydrogens is 246 g/mol. The highest BCUT2D eigenvalue weighted by molar-refractivity contribution is 5.86. The third-order valence-corrected chi connectivity index (χ3v) is 3.42. The molecule has 1 aromatic rings. The van der Waals surface area contributed by atoms with Crippen LogP contribution in [-0.2, 0) is 11.2 Å². The van der Waals surface area contributed by atoms with E-state index in [4.69, 9.17) is 0 Å². The lowest BCUT2D eigenvalue weighted by Gasteiger charge is -2.30. The number of ketones is 1. The molecule has 0 aliphatic rings. The molecule has 1 unspecified atom stereocenters. The number of nitrogens with zero attached hydrogens (tertiary/aromatic N) is 1. The van der Waals surface area contributed by atoms with Gasteiger partial charge in [0.05, 0.1) is 6.04 Å². The average molecular weight is 277 g/mol. The topological polar surface area (TPSA) is 20.3 Å². The number of likely N-dealkylation sites (N-methyl/N-ethyl adjacent to an activating group) is 1.